The number of aliphatic carboxylic acids is 2. The van der Waals surface area contributed by atoms with Gasteiger partial charge in [0.2, 0.25) is 11.8 Å². The van der Waals surface area contributed by atoms with E-state index >= 15 is 0 Å². The molecule has 0 saturated heterocycles. The maximum absolute atomic E-state index is 12.3. The molecular weight excluding hydrogens is 398 g/mol. The number of carboxylic acids is 2. The van der Waals surface area contributed by atoms with Crippen LogP contribution in [-0.4, -0.2) is 58.7 Å². The smallest absolute Gasteiger partial charge is 0.408 e. The van der Waals surface area contributed by atoms with Crippen molar-refractivity contribution in [1.29, 1.82) is 0 Å². The molecule has 1 aromatic carbocycles. The molecule has 1 aromatic rings. The average Bonchev–Trinajstić information content (AvgIpc) is 2.68. The Morgan fingerprint density at radius 2 is 1.63 bits per heavy atom. The summed E-state index contributed by atoms with van der Waals surface area (Å²) in [6.07, 6.45) is -1.62. The van der Waals surface area contributed by atoms with Gasteiger partial charge < -0.3 is 30.9 Å². The minimum atomic E-state index is -1.63. The Kier molecular flexibility index (Phi) is 9.80. The number of nitrogens with one attached hydrogen (secondary N) is 3. The molecule has 0 aliphatic heterocycles. The van der Waals surface area contributed by atoms with Crippen molar-refractivity contribution in [3.8, 4) is 0 Å². The summed E-state index contributed by atoms with van der Waals surface area (Å²) >= 11 is 0. The summed E-state index contributed by atoms with van der Waals surface area (Å²) in [4.78, 5) is 57.7. The van der Waals surface area contributed by atoms with Gasteiger partial charge >= 0.3 is 18.0 Å². The Morgan fingerprint density at radius 1 is 1.00 bits per heavy atom. The van der Waals surface area contributed by atoms with Gasteiger partial charge in [-0.05, 0) is 11.5 Å². The fourth-order valence-electron chi connectivity index (χ4n) is 2.32. The molecule has 0 aliphatic rings. The molecule has 0 unspecified atom stereocenters. The van der Waals surface area contributed by atoms with Crippen molar-refractivity contribution in [2.24, 2.45) is 5.92 Å². The first-order valence-electron chi connectivity index (χ1n) is 9.09. The van der Waals surface area contributed by atoms with Crippen molar-refractivity contribution in [3.63, 3.8) is 0 Å². The summed E-state index contributed by atoms with van der Waals surface area (Å²) in [6, 6.07) is 6.31. The van der Waals surface area contributed by atoms with E-state index in [1.807, 2.05) is 11.4 Å². The lowest BCUT2D eigenvalue weighted by atomic mass is 10.0. The fraction of sp³-hybridized carbons (Fsp3) is 0.421. The van der Waals surface area contributed by atoms with Gasteiger partial charge in [-0.2, -0.15) is 0 Å². The minimum absolute atomic E-state index is 0.0155. The van der Waals surface area contributed by atoms with Crippen molar-refractivity contribution in [1.82, 2.24) is 16.0 Å². The standard InChI is InChI=1S/C19H25N3O8/c1-11(2)16(22-19(29)30-10-12-6-4-3-5-7-12)17(26)20-9-14(23)21-13(18(27)28)8-15(24)25/h3-7,11,13,16H,8-10H2,1-2H3,(H,20,26)(H,21,23)(H,22,29)(H,24,25)(H,27,28)/t13-,16-/m0/s1. The van der Waals surface area contributed by atoms with Gasteiger partial charge in [0.1, 0.15) is 18.7 Å². The summed E-state index contributed by atoms with van der Waals surface area (Å²) < 4.78 is 5.07. The van der Waals surface area contributed by atoms with E-state index < -0.39 is 54.9 Å². The van der Waals surface area contributed by atoms with Crippen molar-refractivity contribution in [2.75, 3.05) is 6.54 Å². The number of rotatable bonds is 11. The van der Waals surface area contributed by atoms with Gasteiger partial charge in [-0.15, -0.1) is 0 Å². The quantitative estimate of drug-likeness (QED) is 0.333. The molecule has 0 aromatic heterocycles. The highest BCUT2D eigenvalue weighted by Gasteiger charge is 2.27. The lowest BCUT2D eigenvalue weighted by Gasteiger charge is -2.21. The van der Waals surface area contributed by atoms with E-state index in [0.29, 0.717) is 0 Å². The molecule has 0 fully saturated rings. The van der Waals surface area contributed by atoms with Crippen LogP contribution in [0.25, 0.3) is 0 Å². The highest BCUT2D eigenvalue weighted by Crippen LogP contribution is 2.04. The lowest BCUT2D eigenvalue weighted by Crippen LogP contribution is -2.52. The zero-order chi connectivity index (χ0) is 22.7. The van der Waals surface area contributed by atoms with Crippen LogP contribution in [0.4, 0.5) is 4.79 Å². The summed E-state index contributed by atoms with van der Waals surface area (Å²) in [5, 5.41) is 24.3. The van der Waals surface area contributed by atoms with E-state index in [1.165, 1.54) is 0 Å². The summed E-state index contributed by atoms with van der Waals surface area (Å²) in [7, 11) is 0. The number of amides is 3. The number of carbonyl (C=O) groups excluding carboxylic acids is 3. The van der Waals surface area contributed by atoms with Gasteiger partial charge in [0, 0.05) is 0 Å². The van der Waals surface area contributed by atoms with Crippen molar-refractivity contribution >= 4 is 29.8 Å². The molecule has 11 heteroatoms. The maximum Gasteiger partial charge on any atom is 0.408 e. The van der Waals surface area contributed by atoms with Gasteiger partial charge in [-0.25, -0.2) is 9.59 Å². The molecule has 164 valence electrons. The second-order valence-electron chi connectivity index (χ2n) is 6.70. The number of hydrogen-bond donors (Lipinski definition) is 5. The molecule has 2 atom stereocenters. The number of hydrogen-bond acceptors (Lipinski definition) is 6. The van der Waals surface area contributed by atoms with Crippen LogP contribution in [0, 0.1) is 5.92 Å². The number of ether oxygens (including phenoxy) is 1. The summed E-state index contributed by atoms with van der Waals surface area (Å²) in [5.74, 6) is -4.81. The zero-order valence-electron chi connectivity index (χ0n) is 16.6. The molecule has 0 saturated carbocycles. The number of benzene rings is 1. The van der Waals surface area contributed by atoms with Crippen molar-refractivity contribution in [3.05, 3.63) is 35.9 Å². The van der Waals surface area contributed by atoms with Gasteiger partial charge in [-0.1, -0.05) is 44.2 Å². The Morgan fingerprint density at radius 3 is 2.17 bits per heavy atom. The predicted molar refractivity (Wildman–Crippen MR) is 103 cm³/mol. The molecule has 3 amide bonds. The van der Waals surface area contributed by atoms with E-state index in [-0.39, 0.29) is 12.5 Å². The highest BCUT2D eigenvalue weighted by molar-refractivity contribution is 5.91. The molecule has 0 heterocycles. The third-order valence-corrected chi connectivity index (χ3v) is 3.87. The van der Waals surface area contributed by atoms with E-state index in [4.69, 9.17) is 14.9 Å². The third-order valence-electron chi connectivity index (χ3n) is 3.87. The Hall–Kier alpha value is -3.63. The number of carbonyl (C=O) groups is 5. The molecule has 0 radical (unpaired) electrons. The van der Waals surface area contributed by atoms with E-state index in [1.54, 1.807) is 38.1 Å². The molecule has 0 aliphatic carbocycles. The maximum atomic E-state index is 12.3. The predicted octanol–water partition coefficient (Wildman–Crippen LogP) is 0.0977. The summed E-state index contributed by atoms with van der Waals surface area (Å²) in [5.41, 5.74) is 0.768. The van der Waals surface area contributed by atoms with Gasteiger partial charge in [0.05, 0.1) is 13.0 Å². The third kappa shape index (κ3) is 9.04. The van der Waals surface area contributed by atoms with E-state index in [2.05, 4.69) is 10.6 Å². The lowest BCUT2D eigenvalue weighted by molar-refractivity contribution is -0.147. The first-order valence-corrected chi connectivity index (χ1v) is 9.09. The Labute approximate surface area is 172 Å². The first-order chi connectivity index (χ1) is 14.1. The molecule has 5 N–H and O–H groups in total. The van der Waals surface area contributed by atoms with E-state index in [9.17, 15) is 24.0 Å². The van der Waals surface area contributed by atoms with Crippen LogP contribution < -0.4 is 16.0 Å². The van der Waals surface area contributed by atoms with Crippen LogP contribution in [0.2, 0.25) is 0 Å². The highest BCUT2D eigenvalue weighted by atomic mass is 16.5. The van der Waals surface area contributed by atoms with Crippen LogP contribution >= 0.6 is 0 Å². The fourth-order valence-corrected chi connectivity index (χ4v) is 2.32. The Bertz CT molecular complexity index is 766. The Balaban J connectivity index is 2.54. The van der Waals surface area contributed by atoms with Crippen LogP contribution in [0.3, 0.4) is 0 Å². The number of alkyl carbamates (subject to hydrolysis) is 1. The minimum Gasteiger partial charge on any atom is -0.481 e. The largest absolute Gasteiger partial charge is 0.481 e. The zero-order valence-corrected chi connectivity index (χ0v) is 16.6. The van der Waals surface area contributed by atoms with Crippen LogP contribution in [0.5, 0.6) is 0 Å². The summed E-state index contributed by atoms with van der Waals surface area (Å²) in [6.45, 7) is 2.78. The van der Waals surface area contributed by atoms with Crippen LogP contribution in [0.1, 0.15) is 25.8 Å². The SMILES string of the molecule is CC(C)[C@H](NC(=O)OCc1ccccc1)C(=O)NCC(=O)N[C@@H](CC(=O)O)C(=O)O. The normalized spacial score (nSPS) is 12.4. The van der Waals surface area contributed by atoms with Crippen molar-refractivity contribution in [2.45, 2.75) is 39.0 Å². The number of carboxylic acid groups (broad SMARTS) is 2. The van der Waals surface area contributed by atoms with Gasteiger partial charge in [0.25, 0.3) is 0 Å². The van der Waals surface area contributed by atoms with Gasteiger partial charge in [-0.3, -0.25) is 14.4 Å². The first kappa shape index (κ1) is 24.4. The molecule has 0 spiro atoms. The molecule has 0 bridgehead atoms. The molecular formula is C19H25N3O8. The topological polar surface area (TPSA) is 171 Å². The van der Waals surface area contributed by atoms with Crippen LogP contribution in [-0.2, 0) is 30.5 Å². The van der Waals surface area contributed by atoms with Gasteiger partial charge in [0.15, 0.2) is 0 Å². The second-order valence-corrected chi connectivity index (χ2v) is 6.70. The second kappa shape index (κ2) is 12.0. The van der Waals surface area contributed by atoms with Crippen LogP contribution in [0.15, 0.2) is 30.3 Å². The monoisotopic (exact) mass is 423 g/mol. The molecule has 11 nitrogen and oxygen atoms in total. The average molecular weight is 423 g/mol. The molecule has 1 rings (SSSR count). The van der Waals surface area contributed by atoms with Crippen molar-refractivity contribution < 1.29 is 38.9 Å². The van der Waals surface area contributed by atoms with E-state index in [0.717, 1.165) is 5.56 Å². The molecule has 30 heavy (non-hydrogen) atoms.